The molecule has 0 aromatic carbocycles. The van der Waals surface area contributed by atoms with Crippen LogP contribution < -0.4 is 0 Å². The Balaban J connectivity index is 0. The first-order valence-electron chi connectivity index (χ1n) is 1.32. The third kappa shape index (κ3) is 8.95. The van der Waals surface area contributed by atoms with Crippen molar-refractivity contribution in [3.8, 4) is 0 Å². The second-order valence-corrected chi connectivity index (χ2v) is 0.696. The zero-order chi connectivity index (χ0) is 4.28. The zero-order valence-electron chi connectivity index (χ0n) is 3.32. The van der Waals surface area contributed by atoms with Crippen molar-refractivity contribution >= 4 is 65.4 Å². The van der Waals surface area contributed by atoms with Gasteiger partial charge in [-0.2, -0.15) is 0 Å². The predicted molar refractivity (Wildman–Crippen MR) is 27.5 cm³/mol. The number of hydrogen-bond acceptors (Lipinski definition) is 2. The normalized spacial score (nSPS) is 5.50. The van der Waals surface area contributed by atoms with Gasteiger partial charge in [-0.1, -0.05) is 0 Å². The van der Waals surface area contributed by atoms with E-state index in [0.29, 0.717) is 0 Å². The van der Waals surface area contributed by atoms with E-state index in [4.69, 9.17) is 0 Å². The summed E-state index contributed by atoms with van der Waals surface area (Å²) in [5.41, 5.74) is 0. The first kappa shape index (κ1) is 10.2. The molecule has 0 amide bonds. The van der Waals surface area contributed by atoms with Crippen LogP contribution in [0.25, 0.3) is 0 Å². The average Bonchev–Trinajstić information content (AvgIpc) is 1.38. The van der Waals surface area contributed by atoms with Gasteiger partial charge in [0.2, 0.25) is 0 Å². The summed E-state index contributed by atoms with van der Waals surface area (Å²) in [6.45, 7) is 1.36. The fraction of sp³-hybridized carbons (Fsp3) is 0.500. The van der Waals surface area contributed by atoms with Crippen molar-refractivity contribution in [3.05, 3.63) is 0 Å². The molecule has 0 aromatic heterocycles. The molecule has 0 spiro atoms. The van der Waals surface area contributed by atoms with E-state index in [1.165, 1.54) is 15.0 Å². The van der Waals surface area contributed by atoms with E-state index in [2.05, 4.69) is 4.65 Å². The van der Waals surface area contributed by atoms with Crippen LogP contribution in [0.4, 0.5) is 0 Å². The summed E-state index contributed by atoms with van der Waals surface area (Å²) >= 11 is 0. The molecule has 0 rings (SSSR count). The standard InChI is InChI=1S/C2H5BO2.K.H/c1-2(4)5-3;;/h3H2,1H3;;. The Labute approximate surface area is 80.5 Å². The second kappa shape index (κ2) is 6.17. The van der Waals surface area contributed by atoms with E-state index in [9.17, 15) is 4.79 Å². The van der Waals surface area contributed by atoms with E-state index < -0.39 is 0 Å². The Bertz CT molecular complexity index is 46.8. The van der Waals surface area contributed by atoms with Crippen LogP contribution in [0.15, 0.2) is 0 Å². The minimum absolute atomic E-state index is 0. The molecule has 0 fully saturated rings. The van der Waals surface area contributed by atoms with Crippen LogP contribution in [0.5, 0.6) is 0 Å². The number of carbonyl (C=O) groups is 1. The first-order chi connectivity index (χ1) is 2.27. The molecule has 0 radical (unpaired) electrons. The zero-order valence-corrected chi connectivity index (χ0v) is 3.32. The van der Waals surface area contributed by atoms with Crippen molar-refractivity contribution in [2.75, 3.05) is 0 Å². The molecular weight excluding hydrogens is 106 g/mol. The molecule has 30 valence electrons. The molecular formula is C2H6BKO2. The summed E-state index contributed by atoms with van der Waals surface area (Å²) in [7, 11) is 1.35. The average molecular weight is 112 g/mol. The minimum atomic E-state index is -0.245. The molecule has 2 nitrogen and oxygen atoms in total. The maximum atomic E-state index is 9.59. The first-order valence-corrected chi connectivity index (χ1v) is 1.32. The monoisotopic (exact) mass is 112 g/mol. The second-order valence-electron chi connectivity index (χ2n) is 0.696. The molecule has 0 unspecified atom stereocenters. The van der Waals surface area contributed by atoms with Crippen LogP contribution in [0.1, 0.15) is 6.92 Å². The fourth-order valence-electron chi connectivity index (χ4n) is 0. The van der Waals surface area contributed by atoms with Crippen molar-refractivity contribution in [1.29, 1.82) is 0 Å². The molecule has 0 atom stereocenters. The van der Waals surface area contributed by atoms with Gasteiger partial charge in [0.05, 0.1) is 0 Å². The van der Waals surface area contributed by atoms with Crippen molar-refractivity contribution in [2.45, 2.75) is 6.92 Å². The van der Waals surface area contributed by atoms with E-state index in [1.54, 1.807) is 0 Å². The molecule has 0 bridgehead atoms. The fourth-order valence-corrected chi connectivity index (χ4v) is 0. The van der Waals surface area contributed by atoms with Gasteiger partial charge in [0.1, 0.15) is 0 Å². The predicted octanol–water partition coefficient (Wildman–Crippen LogP) is -1.55. The Hall–Kier alpha value is 1.17. The molecule has 0 aliphatic carbocycles. The quantitative estimate of drug-likeness (QED) is 0.354. The number of hydrogen-bond donors (Lipinski definition) is 0. The topological polar surface area (TPSA) is 26.3 Å². The van der Waals surface area contributed by atoms with Gasteiger partial charge in [0.25, 0.3) is 5.97 Å². The van der Waals surface area contributed by atoms with Crippen LogP contribution in [0, 0.1) is 0 Å². The van der Waals surface area contributed by atoms with Crippen LogP contribution in [0.2, 0.25) is 0 Å². The third-order valence-corrected chi connectivity index (χ3v) is 0.287. The van der Waals surface area contributed by atoms with Crippen molar-refractivity contribution in [1.82, 2.24) is 0 Å². The molecule has 0 aliphatic rings. The van der Waals surface area contributed by atoms with Gasteiger partial charge in [0.15, 0.2) is 0 Å². The van der Waals surface area contributed by atoms with E-state index >= 15 is 0 Å². The van der Waals surface area contributed by atoms with Gasteiger partial charge >= 0.3 is 59.4 Å². The Kier molecular flexibility index (Phi) is 10.5. The maximum absolute atomic E-state index is 9.59. The SMILES string of the molecule is BOC(C)=O.[KH]. The van der Waals surface area contributed by atoms with E-state index in [0.717, 1.165) is 0 Å². The summed E-state index contributed by atoms with van der Waals surface area (Å²) in [6.07, 6.45) is 0. The Morgan fingerprint density at radius 2 is 2.00 bits per heavy atom. The summed E-state index contributed by atoms with van der Waals surface area (Å²) in [4.78, 5) is 9.59. The third-order valence-electron chi connectivity index (χ3n) is 0.287. The van der Waals surface area contributed by atoms with Gasteiger partial charge in [-0.3, -0.25) is 4.79 Å². The summed E-state index contributed by atoms with van der Waals surface area (Å²) < 4.78 is 4.11. The number of rotatable bonds is 0. The van der Waals surface area contributed by atoms with Gasteiger partial charge < -0.3 is 4.65 Å². The van der Waals surface area contributed by atoms with Crippen LogP contribution in [-0.2, 0) is 9.45 Å². The molecule has 6 heavy (non-hydrogen) atoms. The van der Waals surface area contributed by atoms with E-state index in [-0.39, 0.29) is 57.4 Å². The van der Waals surface area contributed by atoms with Gasteiger partial charge in [-0.15, -0.1) is 0 Å². The van der Waals surface area contributed by atoms with Crippen LogP contribution in [0.3, 0.4) is 0 Å². The molecule has 0 saturated heterocycles. The van der Waals surface area contributed by atoms with E-state index in [1.807, 2.05) is 0 Å². The van der Waals surface area contributed by atoms with Gasteiger partial charge in [-0.05, 0) is 0 Å². The molecule has 0 aliphatic heterocycles. The number of carbonyl (C=O) groups excluding carboxylic acids is 1. The van der Waals surface area contributed by atoms with Crippen molar-refractivity contribution in [2.24, 2.45) is 0 Å². The molecule has 4 heteroatoms. The molecule has 0 heterocycles. The summed E-state index contributed by atoms with van der Waals surface area (Å²) in [5, 5.41) is 0. The van der Waals surface area contributed by atoms with Crippen LogP contribution in [-0.4, -0.2) is 65.4 Å². The Morgan fingerprint density at radius 1 is 1.83 bits per heavy atom. The van der Waals surface area contributed by atoms with Crippen LogP contribution >= 0.6 is 0 Å². The summed E-state index contributed by atoms with van der Waals surface area (Å²) in [5.74, 6) is -0.245. The van der Waals surface area contributed by atoms with Gasteiger partial charge in [-0.25, -0.2) is 0 Å². The van der Waals surface area contributed by atoms with Crippen molar-refractivity contribution < 1.29 is 9.45 Å². The molecule has 0 aromatic rings. The molecule has 0 N–H and O–H groups in total. The summed E-state index contributed by atoms with van der Waals surface area (Å²) in [6, 6.07) is 0. The van der Waals surface area contributed by atoms with Gasteiger partial charge in [0, 0.05) is 6.92 Å². The van der Waals surface area contributed by atoms with Crippen molar-refractivity contribution in [3.63, 3.8) is 0 Å². The molecule has 0 saturated carbocycles. The Morgan fingerprint density at radius 3 is 2.00 bits per heavy atom.